The van der Waals surface area contributed by atoms with Gasteiger partial charge in [0.2, 0.25) is 0 Å². The molecule has 2 amide bonds. The molecule has 3 aromatic rings. The van der Waals surface area contributed by atoms with Crippen LogP contribution in [-0.4, -0.2) is 39.3 Å². The summed E-state index contributed by atoms with van der Waals surface area (Å²) in [6, 6.07) is 11.7. The van der Waals surface area contributed by atoms with Gasteiger partial charge in [0, 0.05) is 18.5 Å². The number of aromatic amines is 1. The Bertz CT molecular complexity index is 1040. The van der Waals surface area contributed by atoms with Gasteiger partial charge in [-0.3, -0.25) is 10.4 Å². The average Bonchev–Trinajstić information content (AvgIpc) is 3.11. The van der Waals surface area contributed by atoms with Gasteiger partial charge in [-0.05, 0) is 42.7 Å². The Morgan fingerprint density at radius 3 is 2.59 bits per heavy atom. The van der Waals surface area contributed by atoms with E-state index in [1.807, 2.05) is 24.3 Å². The molecular formula is C20H19F3N4O2. The van der Waals surface area contributed by atoms with Gasteiger partial charge in [-0.15, -0.1) is 0 Å². The lowest BCUT2D eigenvalue weighted by Gasteiger charge is -2.38. The summed E-state index contributed by atoms with van der Waals surface area (Å²) in [6.45, 7) is 0.419. The lowest BCUT2D eigenvalue weighted by Crippen LogP contribution is -2.46. The van der Waals surface area contributed by atoms with E-state index in [2.05, 4.69) is 15.5 Å². The van der Waals surface area contributed by atoms with Crippen molar-refractivity contribution in [2.45, 2.75) is 24.6 Å². The molecule has 29 heavy (non-hydrogen) atoms. The van der Waals surface area contributed by atoms with Gasteiger partial charge in [0.15, 0.2) is 5.82 Å². The van der Waals surface area contributed by atoms with Crippen LogP contribution >= 0.6 is 0 Å². The number of rotatable bonds is 2. The van der Waals surface area contributed by atoms with Gasteiger partial charge < -0.3 is 10.0 Å². The predicted octanol–water partition coefficient (Wildman–Crippen LogP) is 4.10. The number of carbonyl (C=O) groups excluding carboxylic acids is 1. The van der Waals surface area contributed by atoms with Crippen LogP contribution in [-0.2, 0) is 11.8 Å². The molecule has 3 N–H and O–H groups in total. The molecule has 1 aromatic heterocycles. The van der Waals surface area contributed by atoms with Crippen LogP contribution < -0.4 is 5.32 Å². The van der Waals surface area contributed by atoms with Crippen LogP contribution in [0.2, 0.25) is 0 Å². The molecule has 1 saturated heterocycles. The van der Waals surface area contributed by atoms with Crippen LogP contribution in [0.4, 0.5) is 23.8 Å². The van der Waals surface area contributed by atoms with E-state index in [-0.39, 0.29) is 37.5 Å². The van der Waals surface area contributed by atoms with Gasteiger partial charge in [0.25, 0.3) is 0 Å². The smallest absolute Gasteiger partial charge is 0.385 e. The minimum Gasteiger partial charge on any atom is -0.385 e. The number of fused-ring (bicyclic) bond motifs is 1. The Morgan fingerprint density at radius 2 is 1.86 bits per heavy atom. The molecule has 0 saturated carbocycles. The van der Waals surface area contributed by atoms with Crippen molar-refractivity contribution in [1.82, 2.24) is 15.1 Å². The predicted molar refractivity (Wildman–Crippen MR) is 101 cm³/mol. The average molecular weight is 404 g/mol. The summed E-state index contributed by atoms with van der Waals surface area (Å²) in [7, 11) is 0. The molecule has 0 atom stereocenters. The third-order valence-corrected chi connectivity index (χ3v) is 5.30. The number of urea groups is 1. The molecule has 0 bridgehead atoms. The maximum atomic E-state index is 13.0. The van der Waals surface area contributed by atoms with Crippen LogP contribution in [0.1, 0.15) is 24.0 Å². The molecule has 2 aromatic carbocycles. The van der Waals surface area contributed by atoms with E-state index in [1.165, 1.54) is 17.0 Å². The van der Waals surface area contributed by atoms with E-state index >= 15 is 0 Å². The number of benzene rings is 2. The molecule has 2 heterocycles. The SMILES string of the molecule is O=C(Nc1n[nH]c2ccccc12)N1CCC(O)(c2cccc(C(F)(F)F)c2)CC1. The van der Waals surface area contributed by atoms with E-state index in [4.69, 9.17) is 0 Å². The highest BCUT2D eigenvalue weighted by Crippen LogP contribution is 2.37. The molecule has 1 aliphatic rings. The number of amides is 2. The van der Waals surface area contributed by atoms with Crippen molar-refractivity contribution < 1.29 is 23.1 Å². The van der Waals surface area contributed by atoms with Gasteiger partial charge >= 0.3 is 12.2 Å². The Kier molecular flexibility index (Phi) is 4.70. The molecule has 1 aliphatic heterocycles. The number of nitrogens with zero attached hydrogens (tertiary/aromatic N) is 2. The first kappa shape index (κ1) is 19.3. The van der Waals surface area contributed by atoms with E-state index in [0.29, 0.717) is 5.82 Å². The molecule has 0 aliphatic carbocycles. The minimum absolute atomic E-state index is 0.142. The van der Waals surface area contributed by atoms with Crippen LogP contribution in [0.5, 0.6) is 0 Å². The van der Waals surface area contributed by atoms with Crippen molar-refractivity contribution in [3.63, 3.8) is 0 Å². The first-order valence-electron chi connectivity index (χ1n) is 9.15. The second kappa shape index (κ2) is 7.07. The molecule has 9 heteroatoms. The summed E-state index contributed by atoms with van der Waals surface area (Å²) in [5, 5.41) is 21.3. The van der Waals surface area contributed by atoms with Crippen LogP contribution in [0.3, 0.4) is 0 Å². The third-order valence-electron chi connectivity index (χ3n) is 5.30. The van der Waals surface area contributed by atoms with E-state index in [0.717, 1.165) is 23.0 Å². The third kappa shape index (κ3) is 3.77. The second-order valence-corrected chi connectivity index (χ2v) is 7.15. The summed E-state index contributed by atoms with van der Waals surface area (Å²) in [5.74, 6) is 0.407. The van der Waals surface area contributed by atoms with Crippen LogP contribution in [0.25, 0.3) is 10.9 Å². The number of para-hydroxylation sites is 1. The van der Waals surface area contributed by atoms with Crippen molar-refractivity contribution in [2.75, 3.05) is 18.4 Å². The number of H-pyrrole nitrogens is 1. The van der Waals surface area contributed by atoms with Crippen molar-refractivity contribution >= 4 is 22.8 Å². The summed E-state index contributed by atoms with van der Waals surface area (Å²) >= 11 is 0. The highest BCUT2D eigenvalue weighted by Gasteiger charge is 2.38. The van der Waals surface area contributed by atoms with Gasteiger partial charge in [0.1, 0.15) is 0 Å². The number of aliphatic hydroxyl groups is 1. The monoisotopic (exact) mass is 404 g/mol. The number of alkyl halides is 3. The van der Waals surface area contributed by atoms with E-state index in [1.54, 1.807) is 0 Å². The van der Waals surface area contributed by atoms with Crippen molar-refractivity contribution in [3.05, 3.63) is 59.7 Å². The maximum absolute atomic E-state index is 13.0. The standard InChI is InChI=1S/C20H19F3N4O2/c21-20(22,23)14-5-3-4-13(12-14)19(29)8-10-27(11-9-19)18(28)24-17-15-6-1-2-7-16(15)25-26-17/h1-7,12,29H,8-11H2,(H2,24,25,26,28). The molecule has 152 valence electrons. The number of carbonyl (C=O) groups is 1. The van der Waals surface area contributed by atoms with Crippen molar-refractivity contribution in [3.8, 4) is 0 Å². The van der Waals surface area contributed by atoms with Crippen molar-refractivity contribution in [2.24, 2.45) is 0 Å². The zero-order valence-electron chi connectivity index (χ0n) is 15.3. The zero-order chi connectivity index (χ0) is 20.6. The number of halogens is 3. The molecule has 1 fully saturated rings. The highest BCUT2D eigenvalue weighted by atomic mass is 19.4. The number of likely N-dealkylation sites (tertiary alicyclic amines) is 1. The number of piperidine rings is 1. The number of hydrogen-bond acceptors (Lipinski definition) is 3. The summed E-state index contributed by atoms with van der Waals surface area (Å²) in [6.07, 6.45) is -4.19. The lowest BCUT2D eigenvalue weighted by molar-refractivity contribution is -0.137. The molecule has 0 unspecified atom stereocenters. The van der Waals surface area contributed by atoms with Gasteiger partial charge in [-0.1, -0.05) is 24.3 Å². The van der Waals surface area contributed by atoms with Gasteiger partial charge in [-0.2, -0.15) is 18.3 Å². The first-order valence-corrected chi connectivity index (χ1v) is 9.15. The molecule has 0 radical (unpaired) electrons. The van der Waals surface area contributed by atoms with Gasteiger partial charge in [-0.25, -0.2) is 4.79 Å². The van der Waals surface area contributed by atoms with Crippen LogP contribution in [0.15, 0.2) is 48.5 Å². The fraction of sp³-hybridized carbons (Fsp3) is 0.300. The van der Waals surface area contributed by atoms with E-state index < -0.39 is 17.3 Å². The lowest BCUT2D eigenvalue weighted by atomic mass is 9.84. The number of aromatic nitrogens is 2. The maximum Gasteiger partial charge on any atom is 0.416 e. The molecule has 0 spiro atoms. The molecule has 4 rings (SSSR count). The highest BCUT2D eigenvalue weighted by molar-refractivity contribution is 5.98. The van der Waals surface area contributed by atoms with Crippen LogP contribution in [0, 0.1) is 0 Å². The van der Waals surface area contributed by atoms with Crippen molar-refractivity contribution in [1.29, 1.82) is 0 Å². The fourth-order valence-electron chi connectivity index (χ4n) is 3.59. The zero-order valence-corrected chi connectivity index (χ0v) is 15.3. The van der Waals surface area contributed by atoms with Gasteiger partial charge in [0.05, 0.1) is 16.7 Å². The summed E-state index contributed by atoms with van der Waals surface area (Å²) < 4.78 is 38.9. The second-order valence-electron chi connectivity index (χ2n) is 7.15. The number of hydrogen-bond donors (Lipinski definition) is 3. The Balaban J connectivity index is 1.44. The van der Waals surface area contributed by atoms with E-state index in [9.17, 15) is 23.1 Å². The Hall–Kier alpha value is -3.07. The fourth-order valence-corrected chi connectivity index (χ4v) is 3.59. The number of anilines is 1. The Labute approximate surface area is 164 Å². The first-order chi connectivity index (χ1) is 13.8. The Morgan fingerprint density at radius 1 is 1.14 bits per heavy atom. The molecular weight excluding hydrogens is 385 g/mol. The topological polar surface area (TPSA) is 81.2 Å². The minimum atomic E-state index is -4.47. The largest absolute Gasteiger partial charge is 0.416 e. The quantitative estimate of drug-likeness (QED) is 0.602. The number of nitrogens with one attached hydrogen (secondary N) is 2. The summed E-state index contributed by atoms with van der Waals surface area (Å²) in [5.41, 5.74) is -1.20. The molecule has 6 nitrogen and oxygen atoms in total. The normalized spacial score (nSPS) is 16.8. The summed E-state index contributed by atoms with van der Waals surface area (Å²) in [4.78, 5) is 14.1.